The van der Waals surface area contributed by atoms with Crippen LogP contribution in [0.3, 0.4) is 0 Å². The third-order valence-electron chi connectivity index (χ3n) is 1.26. The Morgan fingerprint density at radius 1 is 0.929 bits per heavy atom. The van der Waals surface area contributed by atoms with Gasteiger partial charge in [-0.25, -0.2) is 0 Å². The first-order chi connectivity index (χ1) is 6.14. The summed E-state index contributed by atoms with van der Waals surface area (Å²) in [7, 11) is 0. The first kappa shape index (κ1) is 13.3. The van der Waals surface area contributed by atoms with E-state index in [9.17, 15) is 0 Å². The highest BCUT2D eigenvalue weighted by atomic mass is 35.6. The molecule has 2 nitrogen and oxygen atoms in total. The molecule has 0 spiro atoms. The summed E-state index contributed by atoms with van der Waals surface area (Å²) in [5.41, 5.74) is 0.0518. The van der Waals surface area contributed by atoms with Gasteiger partial charge >= 0.3 is 0 Å². The molecule has 0 amide bonds. The number of aromatic nitrogens is 2. The van der Waals surface area contributed by atoms with Crippen LogP contribution in [0, 0.1) is 0 Å². The number of hydrogen-bond donors (Lipinski definition) is 1. The molecule has 0 aliphatic rings. The maximum Gasteiger partial charge on any atom is 0.235 e. The summed E-state index contributed by atoms with van der Waals surface area (Å²) >= 11 is 39.2. The van der Waals surface area contributed by atoms with Crippen molar-refractivity contribution in [2.75, 3.05) is 0 Å². The molecule has 0 bridgehead atoms. The molecule has 0 fully saturated rings. The fourth-order valence-electron chi connectivity index (χ4n) is 0.704. The summed E-state index contributed by atoms with van der Waals surface area (Å²) in [6, 6.07) is 0. The molecule has 0 aliphatic heterocycles. The zero-order valence-corrected chi connectivity index (χ0v) is 11.4. The topological polar surface area (TPSA) is 28.7 Å². The van der Waals surface area contributed by atoms with Gasteiger partial charge in [-0.05, 0) is 0 Å². The number of nitrogens with zero attached hydrogens (tertiary/aromatic N) is 1. The lowest BCUT2D eigenvalue weighted by atomic mass is 10.4. The monoisotopic (exact) mass is 334 g/mol. The number of rotatable bonds is 0. The third-order valence-corrected chi connectivity index (χ3v) is 2.73. The van der Waals surface area contributed by atoms with Crippen LogP contribution < -0.4 is 0 Å². The average Bonchev–Trinajstić information content (AvgIpc) is 2.26. The lowest BCUT2D eigenvalue weighted by molar-refractivity contribution is 0.958. The second-order valence-electron chi connectivity index (χ2n) is 2.26. The van der Waals surface area contributed by atoms with Gasteiger partial charge in [-0.15, -0.1) is 0 Å². The minimum absolute atomic E-state index is 0.00880. The Kier molecular flexibility index (Phi) is 4.04. The van der Waals surface area contributed by atoms with E-state index >= 15 is 0 Å². The van der Waals surface area contributed by atoms with Crippen LogP contribution in [0.4, 0.5) is 0 Å². The predicted molar refractivity (Wildman–Crippen MR) is 62.1 cm³/mol. The Hall–Kier alpha value is 1.24. The normalized spacial score (nSPS) is 13.4. The second kappa shape index (κ2) is 4.25. The number of alkyl halides is 6. The molecular weight excluding hydrogens is 336 g/mol. The minimum Gasteiger partial charge on any atom is -0.276 e. The van der Waals surface area contributed by atoms with E-state index in [0.717, 1.165) is 0 Å². The standard InChI is InChI=1S/C5HCl7N2/c6-1-2(4(7,8)9)13-14-3(1)5(10,11)12/h(H,13,14). The van der Waals surface area contributed by atoms with Crippen molar-refractivity contribution < 1.29 is 0 Å². The molecule has 0 unspecified atom stereocenters. The van der Waals surface area contributed by atoms with Gasteiger partial charge in [0, 0.05) is 0 Å². The molecule has 0 saturated carbocycles. The van der Waals surface area contributed by atoms with Crippen LogP contribution in [0.1, 0.15) is 11.4 Å². The van der Waals surface area contributed by atoms with Gasteiger partial charge in [0.25, 0.3) is 0 Å². The second-order valence-corrected chi connectivity index (χ2v) is 7.20. The van der Waals surface area contributed by atoms with E-state index in [0.29, 0.717) is 0 Å². The van der Waals surface area contributed by atoms with Crippen molar-refractivity contribution in [3.63, 3.8) is 0 Å². The summed E-state index contributed by atoms with van der Waals surface area (Å²) in [4.78, 5) is 0. The molecule has 0 saturated heterocycles. The molecule has 0 aromatic carbocycles. The summed E-state index contributed by atoms with van der Waals surface area (Å²) < 4.78 is -3.50. The van der Waals surface area contributed by atoms with E-state index in [1.807, 2.05) is 0 Å². The smallest absolute Gasteiger partial charge is 0.235 e. The highest BCUT2D eigenvalue weighted by Gasteiger charge is 2.36. The molecule has 1 aromatic rings. The molecule has 0 atom stereocenters. The first-order valence-electron chi connectivity index (χ1n) is 3.02. The van der Waals surface area contributed by atoms with Gasteiger partial charge in [0.05, 0.1) is 5.02 Å². The highest BCUT2D eigenvalue weighted by molar-refractivity contribution is 6.68. The van der Waals surface area contributed by atoms with E-state index in [2.05, 4.69) is 10.2 Å². The van der Waals surface area contributed by atoms with Gasteiger partial charge < -0.3 is 0 Å². The van der Waals surface area contributed by atoms with Crippen LogP contribution in [0.5, 0.6) is 0 Å². The van der Waals surface area contributed by atoms with Gasteiger partial charge in [-0.3, -0.25) is 5.10 Å². The van der Waals surface area contributed by atoms with Crippen molar-refractivity contribution in [2.24, 2.45) is 0 Å². The summed E-state index contributed by atoms with van der Waals surface area (Å²) in [5.74, 6) is 0. The van der Waals surface area contributed by atoms with Crippen molar-refractivity contribution in [1.82, 2.24) is 10.2 Å². The van der Waals surface area contributed by atoms with Crippen LogP contribution in [-0.2, 0) is 7.59 Å². The lowest BCUT2D eigenvalue weighted by Gasteiger charge is -2.10. The van der Waals surface area contributed by atoms with Gasteiger partial charge in [0.15, 0.2) is 0 Å². The van der Waals surface area contributed by atoms with E-state index in [1.165, 1.54) is 0 Å². The molecule has 14 heavy (non-hydrogen) atoms. The zero-order valence-electron chi connectivity index (χ0n) is 6.09. The summed E-state index contributed by atoms with van der Waals surface area (Å²) in [5, 5.41) is 6.03. The summed E-state index contributed by atoms with van der Waals surface area (Å²) in [6.45, 7) is 0. The Bertz CT molecular complexity index is 301. The number of halogens is 7. The first-order valence-corrected chi connectivity index (χ1v) is 5.67. The molecule has 1 N–H and O–H groups in total. The molecule has 0 radical (unpaired) electrons. The maximum absolute atomic E-state index is 5.79. The van der Waals surface area contributed by atoms with E-state index < -0.39 is 7.59 Å². The minimum atomic E-state index is -1.76. The number of H-pyrrole nitrogens is 1. The van der Waals surface area contributed by atoms with Crippen LogP contribution in [0.25, 0.3) is 0 Å². The van der Waals surface area contributed by atoms with E-state index in [4.69, 9.17) is 81.2 Å². The van der Waals surface area contributed by atoms with Crippen LogP contribution in [0.2, 0.25) is 5.02 Å². The quantitative estimate of drug-likeness (QED) is 0.682. The molecular formula is C5HCl7N2. The van der Waals surface area contributed by atoms with E-state index in [1.54, 1.807) is 0 Å². The predicted octanol–water partition coefficient (Wildman–Crippen LogP) is 4.72. The number of aromatic amines is 1. The van der Waals surface area contributed by atoms with Crippen molar-refractivity contribution in [1.29, 1.82) is 0 Å². The van der Waals surface area contributed by atoms with Crippen LogP contribution >= 0.6 is 81.2 Å². The van der Waals surface area contributed by atoms with Crippen LogP contribution in [-0.4, -0.2) is 10.2 Å². The Labute approximate surface area is 115 Å². The fourth-order valence-corrected chi connectivity index (χ4v) is 2.18. The molecule has 1 rings (SSSR count). The molecule has 1 heterocycles. The lowest BCUT2D eigenvalue weighted by Crippen LogP contribution is -2.03. The third kappa shape index (κ3) is 2.88. The Morgan fingerprint density at radius 3 is 1.64 bits per heavy atom. The maximum atomic E-state index is 5.79. The zero-order chi connectivity index (χ0) is 11.1. The van der Waals surface area contributed by atoms with Crippen LogP contribution in [0.15, 0.2) is 0 Å². The molecule has 80 valence electrons. The SMILES string of the molecule is Clc1c(C(Cl)(Cl)Cl)n[nH]c1C(Cl)(Cl)Cl. The van der Waals surface area contributed by atoms with Gasteiger partial charge in [0.1, 0.15) is 11.4 Å². The van der Waals surface area contributed by atoms with Crippen molar-refractivity contribution in [3.05, 3.63) is 16.4 Å². The van der Waals surface area contributed by atoms with Crippen molar-refractivity contribution in [3.8, 4) is 0 Å². The highest BCUT2D eigenvalue weighted by Crippen LogP contribution is 2.47. The Morgan fingerprint density at radius 2 is 1.43 bits per heavy atom. The van der Waals surface area contributed by atoms with Gasteiger partial charge in [-0.2, -0.15) is 5.10 Å². The van der Waals surface area contributed by atoms with Crippen molar-refractivity contribution >= 4 is 81.2 Å². The molecule has 1 aromatic heterocycles. The average molecular weight is 337 g/mol. The number of hydrogen-bond acceptors (Lipinski definition) is 1. The van der Waals surface area contributed by atoms with Gasteiger partial charge in [0.2, 0.25) is 7.59 Å². The van der Waals surface area contributed by atoms with Gasteiger partial charge in [-0.1, -0.05) is 81.2 Å². The summed E-state index contributed by atoms with van der Waals surface area (Å²) in [6.07, 6.45) is 0. The Balaban J connectivity index is 3.23. The molecule has 9 heteroatoms. The van der Waals surface area contributed by atoms with Crippen molar-refractivity contribution in [2.45, 2.75) is 7.59 Å². The number of nitrogens with one attached hydrogen (secondary N) is 1. The van der Waals surface area contributed by atoms with E-state index in [-0.39, 0.29) is 16.4 Å². The fraction of sp³-hybridized carbons (Fsp3) is 0.400. The molecule has 0 aliphatic carbocycles. The largest absolute Gasteiger partial charge is 0.276 e.